The monoisotopic (exact) mass is 369 g/mol. The number of hydrogen-bond donors (Lipinski definition) is 2. The van der Waals surface area contributed by atoms with E-state index in [0.29, 0.717) is 6.54 Å². The van der Waals surface area contributed by atoms with Gasteiger partial charge in [0.05, 0.1) is 24.8 Å². The van der Waals surface area contributed by atoms with Crippen molar-refractivity contribution in [2.75, 3.05) is 19.6 Å². The molecule has 2 N–H and O–H groups in total. The lowest BCUT2D eigenvalue weighted by molar-refractivity contribution is -0.123. The maximum atomic E-state index is 12.6. The predicted molar refractivity (Wildman–Crippen MR) is 103 cm³/mol. The van der Waals surface area contributed by atoms with Crippen molar-refractivity contribution in [3.05, 3.63) is 60.1 Å². The molecular weight excluding hydrogens is 342 g/mol. The van der Waals surface area contributed by atoms with Gasteiger partial charge >= 0.3 is 0 Å². The van der Waals surface area contributed by atoms with Gasteiger partial charge in [0, 0.05) is 13.5 Å². The summed E-state index contributed by atoms with van der Waals surface area (Å²) in [6, 6.07) is 13.1. The summed E-state index contributed by atoms with van der Waals surface area (Å²) >= 11 is 0. The van der Waals surface area contributed by atoms with E-state index in [0.717, 1.165) is 24.4 Å². The summed E-state index contributed by atoms with van der Waals surface area (Å²) in [7, 11) is 0. The molecule has 2 heterocycles. The van der Waals surface area contributed by atoms with Gasteiger partial charge in [-0.25, -0.2) is 0 Å². The number of nitrogens with one attached hydrogen (secondary N) is 2. The highest BCUT2D eigenvalue weighted by Crippen LogP contribution is 2.25. The van der Waals surface area contributed by atoms with Crippen LogP contribution in [0.5, 0.6) is 0 Å². The molecule has 144 valence electrons. The average Bonchev–Trinajstić information content (AvgIpc) is 3.36. The first-order valence-corrected chi connectivity index (χ1v) is 9.49. The second kappa shape index (κ2) is 9.37. The van der Waals surface area contributed by atoms with Crippen LogP contribution in [0, 0.1) is 0 Å². The number of hydrogen-bond acceptors (Lipinski definition) is 4. The second-order valence-electron chi connectivity index (χ2n) is 6.95. The summed E-state index contributed by atoms with van der Waals surface area (Å²) in [6.07, 6.45) is 4.21. The first-order valence-electron chi connectivity index (χ1n) is 9.49. The van der Waals surface area contributed by atoms with Gasteiger partial charge in [-0.1, -0.05) is 30.3 Å². The van der Waals surface area contributed by atoms with Gasteiger partial charge in [-0.3, -0.25) is 14.5 Å². The Hall–Kier alpha value is -2.60. The van der Waals surface area contributed by atoms with Crippen LogP contribution in [0.15, 0.2) is 53.1 Å². The van der Waals surface area contributed by atoms with Gasteiger partial charge in [-0.05, 0) is 43.6 Å². The van der Waals surface area contributed by atoms with Crippen LogP contribution in [0.2, 0.25) is 0 Å². The molecule has 1 aliphatic rings. The van der Waals surface area contributed by atoms with Gasteiger partial charge in [0.1, 0.15) is 5.76 Å². The molecule has 1 aromatic carbocycles. The van der Waals surface area contributed by atoms with Crippen LogP contribution in [0.3, 0.4) is 0 Å². The Kier molecular flexibility index (Phi) is 6.65. The Bertz CT molecular complexity index is 724. The van der Waals surface area contributed by atoms with Crippen LogP contribution >= 0.6 is 0 Å². The van der Waals surface area contributed by atoms with Crippen LogP contribution < -0.4 is 10.6 Å². The van der Waals surface area contributed by atoms with Crippen LogP contribution in [0.4, 0.5) is 0 Å². The van der Waals surface area contributed by atoms with E-state index in [-0.39, 0.29) is 30.3 Å². The van der Waals surface area contributed by atoms with E-state index in [9.17, 15) is 9.59 Å². The lowest BCUT2D eigenvalue weighted by atomic mass is 10.0. The maximum absolute atomic E-state index is 12.6. The number of furan rings is 1. The molecule has 1 aliphatic heterocycles. The zero-order chi connectivity index (χ0) is 19.1. The normalized spacial score (nSPS) is 16.6. The smallest absolute Gasteiger partial charge is 0.222 e. The van der Waals surface area contributed by atoms with Crippen LogP contribution in [0.1, 0.15) is 49.6 Å². The summed E-state index contributed by atoms with van der Waals surface area (Å²) in [5.74, 6) is 0.634. The van der Waals surface area contributed by atoms with Crippen molar-refractivity contribution in [1.29, 1.82) is 0 Å². The van der Waals surface area contributed by atoms with E-state index in [1.54, 1.807) is 6.26 Å². The summed E-state index contributed by atoms with van der Waals surface area (Å²) in [4.78, 5) is 26.5. The van der Waals surface area contributed by atoms with Crippen molar-refractivity contribution >= 4 is 11.8 Å². The summed E-state index contributed by atoms with van der Waals surface area (Å²) < 4.78 is 5.59. The lowest BCUT2D eigenvalue weighted by Crippen LogP contribution is -2.38. The van der Waals surface area contributed by atoms with Crippen molar-refractivity contribution in [2.24, 2.45) is 0 Å². The zero-order valence-electron chi connectivity index (χ0n) is 15.7. The highest BCUT2D eigenvalue weighted by atomic mass is 16.3. The fourth-order valence-electron chi connectivity index (χ4n) is 3.59. The molecule has 2 atom stereocenters. The molecule has 0 bridgehead atoms. The molecule has 2 aromatic rings. The maximum Gasteiger partial charge on any atom is 0.222 e. The number of benzene rings is 1. The third-order valence-electron chi connectivity index (χ3n) is 4.91. The first-order chi connectivity index (χ1) is 13.1. The predicted octanol–water partition coefficient (Wildman–Crippen LogP) is 2.80. The van der Waals surface area contributed by atoms with E-state index in [1.165, 1.54) is 19.8 Å². The first kappa shape index (κ1) is 19.2. The SMILES string of the molecule is CC(=O)NC(CC(=O)NCC(c1ccco1)N1CCCC1)c1ccccc1. The highest BCUT2D eigenvalue weighted by molar-refractivity contribution is 5.79. The number of carbonyl (C=O) groups excluding carboxylic acids is 2. The molecule has 27 heavy (non-hydrogen) atoms. The minimum absolute atomic E-state index is 0.0439. The summed E-state index contributed by atoms with van der Waals surface area (Å²) in [5.41, 5.74) is 0.921. The fourth-order valence-corrected chi connectivity index (χ4v) is 3.59. The number of likely N-dealkylation sites (tertiary alicyclic amines) is 1. The molecule has 0 spiro atoms. The van der Waals surface area contributed by atoms with Gasteiger partial charge in [0.2, 0.25) is 11.8 Å². The minimum Gasteiger partial charge on any atom is -0.468 e. The van der Waals surface area contributed by atoms with Crippen LogP contribution in [0.25, 0.3) is 0 Å². The van der Waals surface area contributed by atoms with Gasteiger partial charge in [0.25, 0.3) is 0 Å². The largest absolute Gasteiger partial charge is 0.468 e. The molecule has 3 rings (SSSR count). The van der Waals surface area contributed by atoms with E-state index in [4.69, 9.17) is 4.42 Å². The van der Waals surface area contributed by atoms with Gasteiger partial charge in [-0.2, -0.15) is 0 Å². The van der Waals surface area contributed by atoms with Gasteiger partial charge in [-0.15, -0.1) is 0 Å². The summed E-state index contributed by atoms with van der Waals surface area (Å²) in [5, 5.41) is 5.90. The van der Waals surface area contributed by atoms with Crippen molar-refractivity contribution in [3.8, 4) is 0 Å². The number of carbonyl (C=O) groups is 2. The van der Waals surface area contributed by atoms with Crippen LogP contribution in [-0.2, 0) is 9.59 Å². The van der Waals surface area contributed by atoms with Crippen molar-refractivity contribution in [3.63, 3.8) is 0 Å². The topological polar surface area (TPSA) is 74.6 Å². The van der Waals surface area contributed by atoms with Crippen molar-refractivity contribution < 1.29 is 14.0 Å². The quantitative estimate of drug-likeness (QED) is 0.750. The average molecular weight is 369 g/mol. The number of nitrogens with zero attached hydrogens (tertiary/aromatic N) is 1. The van der Waals surface area contributed by atoms with Crippen LogP contribution in [-0.4, -0.2) is 36.3 Å². The fraction of sp³-hybridized carbons (Fsp3) is 0.429. The molecule has 6 nitrogen and oxygen atoms in total. The van der Waals surface area contributed by atoms with Crippen molar-refractivity contribution in [1.82, 2.24) is 15.5 Å². The molecule has 6 heteroatoms. The Labute approximate surface area is 159 Å². The minimum atomic E-state index is -0.336. The number of rotatable bonds is 8. The Balaban J connectivity index is 1.61. The third-order valence-corrected chi connectivity index (χ3v) is 4.91. The molecule has 0 saturated carbocycles. The molecule has 1 fully saturated rings. The standard InChI is InChI=1S/C21H27N3O3/c1-16(25)23-18(17-8-3-2-4-9-17)14-21(26)22-15-19(20-10-7-13-27-20)24-11-5-6-12-24/h2-4,7-10,13,18-19H,5-6,11-12,14-15H2,1H3,(H,22,26)(H,23,25). The molecular formula is C21H27N3O3. The second-order valence-corrected chi connectivity index (χ2v) is 6.95. The molecule has 0 aliphatic carbocycles. The van der Waals surface area contributed by atoms with E-state index in [1.807, 2.05) is 42.5 Å². The molecule has 0 radical (unpaired) electrons. The van der Waals surface area contributed by atoms with E-state index in [2.05, 4.69) is 15.5 Å². The molecule has 1 aromatic heterocycles. The third kappa shape index (κ3) is 5.44. The zero-order valence-corrected chi connectivity index (χ0v) is 15.7. The Morgan fingerprint density at radius 1 is 1.11 bits per heavy atom. The summed E-state index contributed by atoms with van der Waals surface area (Å²) in [6.45, 7) is 3.99. The highest BCUT2D eigenvalue weighted by Gasteiger charge is 2.26. The van der Waals surface area contributed by atoms with E-state index >= 15 is 0 Å². The lowest BCUT2D eigenvalue weighted by Gasteiger charge is -2.26. The molecule has 2 unspecified atom stereocenters. The molecule has 2 amide bonds. The van der Waals surface area contributed by atoms with Crippen molar-refractivity contribution in [2.45, 2.75) is 38.3 Å². The van der Waals surface area contributed by atoms with Gasteiger partial charge in [0.15, 0.2) is 0 Å². The number of amides is 2. The Morgan fingerprint density at radius 2 is 1.85 bits per heavy atom. The molecule has 1 saturated heterocycles. The van der Waals surface area contributed by atoms with E-state index < -0.39 is 0 Å². The Morgan fingerprint density at radius 3 is 2.48 bits per heavy atom. The van der Waals surface area contributed by atoms with Gasteiger partial charge < -0.3 is 15.1 Å².